The number of amides is 1. The van der Waals surface area contributed by atoms with Crippen molar-refractivity contribution in [3.05, 3.63) is 47.7 Å². The zero-order valence-electron chi connectivity index (χ0n) is 13.5. The molecule has 0 N–H and O–H groups in total. The van der Waals surface area contributed by atoms with E-state index in [0.29, 0.717) is 12.1 Å². The van der Waals surface area contributed by atoms with E-state index >= 15 is 0 Å². The van der Waals surface area contributed by atoms with Gasteiger partial charge in [-0.05, 0) is 51.0 Å². The van der Waals surface area contributed by atoms with E-state index in [9.17, 15) is 18.0 Å². The van der Waals surface area contributed by atoms with Crippen molar-refractivity contribution < 1.29 is 22.4 Å². The first kappa shape index (κ1) is 16.6. The third-order valence-corrected chi connectivity index (χ3v) is 4.44. The number of hydrogen-bond acceptors (Lipinski definition) is 2. The Morgan fingerprint density at radius 2 is 1.96 bits per heavy atom. The van der Waals surface area contributed by atoms with Crippen LogP contribution in [-0.2, 0) is 6.18 Å². The maximum Gasteiger partial charge on any atom is 0.416 e. The van der Waals surface area contributed by atoms with Crippen LogP contribution < -0.4 is 0 Å². The average Bonchev–Trinajstić information content (AvgIpc) is 3.12. The minimum Gasteiger partial charge on any atom is -0.451 e. The van der Waals surface area contributed by atoms with Crippen LogP contribution in [0.3, 0.4) is 0 Å². The summed E-state index contributed by atoms with van der Waals surface area (Å²) < 4.78 is 44.0. The Hall–Kier alpha value is -2.24. The maximum atomic E-state index is 12.8. The number of likely N-dealkylation sites (tertiary alicyclic amines) is 1. The Morgan fingerprint density at radius 1 is 1.21 bits per heavy atom. The van der Waals surface area contributed by atoms with E-state index in [-0.39, 0.29) is 23.0 Å². The number of carbonyl (C=O) groups is 1. The molecule has 0 unspecified atom stereocenters. The summed E-state index contributed by atoms with van der Waals surface area (Å²) in [5.74, 6) is 0.176. The predicted molar refractivity (Wildman–Crippen MR) is 83.5 cm³/mol. The molecular formula is C18H18F3NO2. The molecule has 1 saturated heterocycles. The number of furan rings is 1. The second-order valence-electron chi connectivity index (χ2n) is 6.62. The van der Waals surface area contributed by atoms with Crippen LogP contribution >= 0.6 is 0 Å². The molecule has 1 aliphatic heterocycles. The summed E-state index contributed by atoms with van der Waals surface area (Å²) in [6.07, 6.45) is -2.57. The van der Waals surface area contributed by atoms with Crippen molar-refractivity contribution >= 4 is 5.91 Å². The minimum absolute atomic E-state index is 0.150. The molecule has 0 bridgehead atoms. The van der Waals surface area contributed by atoms with E-state index in [0.717, 1.165) is 25.0 Å². The highest BCUT2D eigenvalue weighted by molar-refractivity contribution is 5.92. The molecule has 2 heterocycles. The largest absolute Gasteiger partial charge is 0.451 e. The summed E-state index contributed by atoms with van der Waals surface area (Å²) in [7, 11) is 0. The SMILES string of the molecule is CC1(C)CCCN1C(=O)c1ccc(-c2cccc(C(F)(F)F)c2)o1. The molecule has 1 aliphatic rings. The van der Waals surface area contributed by atoms with Crippen LogP contribution in [0.25, 0.3) is 11.3 Å². The molecule has 1 aromatic heterocycles. The molecule has 0 radical (unpaired) electrons. The summed E-state index contributed by atoms with van der Waals surface area (Å²) >= 11 is 0. The van der Waals surface area contributed by atoms with E-state index in [1.807, 2.05) is 13.8 Å². The van der Waals surface area contributed by atoms with Crippen LogP contribution in [0.1, 0.15) is 42.8 Å². The summed E-state index contributed by atoms with van der Waals surface area (Å²) in [6.45, 7) is 4.65. The fourth-order valence-electron chi connectivity index (χ4n) is 3.07. The van der Waals surface area contributed by atoms with Gasteiger partial charge in [-0.15, -0.1) is 0 Å². The Kier molecular flexibility index (Phi) is 3.94. The molecule has 3 rings (SSSR count). The summed E-state index contributed by atoms with van der Waals surface area (Å²) in [5.41, 5.74) is -0.685. The topological polar surface area (TPSA) is 33.5 Å². The summed E-state index contributed by atoms with van der Waals surface area (Å²) in [4.78, 5) is 14.3. The molecule has 3 nitrogen and oxygen atoms in total. The Bertz CT molecular complexity index is 762. The standard InChI is InChI=1S/C18H18F3NO2/c1-17(2)9-4-10-22(17)16(23)15-8-7-14(24-15)12-5-3-6-13(11-12)18(19,20)21/h3,5-8,11H,4,9-10H2,1-2H3. The molecule has 1 fully saturated rings. The minimum atomic E-state index is -4.42. The van der Waals surface area contributed by atoms with E-state index in [2.05, 4.69) is 0 Å². The number of rotatable bonds is 2. The van der Waals surface area contributed by atoms with Crippen molar-refractivity contribution in [1.29, 1.82) is 0 Å². The first-order valence-corrected chi connectivity index (χ1v) is 7.78. The van der Waals surface area contributed by atoms with Crippen molar-refractivity contribution in [3.8, 4) is 11.3 Å². The molecule has 2 aromatic rings. The van der Waals surface area contributed by atoms with Crippen LogP contribution in [0.5, 0.6) is 0 Å². The lowest BCUT2D eigenvalue weighted by molar-refractivity contribution is -0.137. The zero-order chi connectivity index (χ0) is 17.5. The summed E-state index contributed by atoms with van der Waals surface area (Å²) in [5, 5.41) is 0. The number of benzene rings is 1. The van der Waals surface area contributed by atoms with Crippen molar-refractivity contribution in [2.75, 3.05) is 6.54 Å². The van der Waals surface area contributed by atoms with E-state index in [1.54, 1.807) is 4.90 Å². The second-order valence-corrected chi connectivity index (χ2v) is 6.62. The lowest BCUT2D eigenvalue weighted by atomic mass is 10.0. The van der Waals surface area contributed by atoms with Gasteiger partial charge >= 0.3 is 6.18 Å². The molecule has 0 atom stereocenters. The summed E-state index contributed by atoms with van der Waals surface area (Å²) in [6, 6.07) is 7.93. The van der Waals surface area contributed by atoms with Crippen molar-refractivity contribution in [1.82, 2.24) is 4.90 Å². The molecule has 0 aliphatic carbocycles. The average molecular weight is 337 g/mol. The number of alkyl halides is 3. The van der Waals surface area contributed by atoms with Gasteiger partial charge in [0.1, 0.15) is 5.76 Å². The molecule has 6 heteroatoms. The monoisotopic (exact) mass is 337 g/mol. The van der Waals surface area contributed by atoms with Crippen LogP contribution in [0, 0.1) is 0 Å². The number of carbonyl (C=O) groups excluding carboxylic acids is 1. The fourth-order valence-corrected chi connectivity index (χ4v) is 3.07. The van der Waals surface area contributed by atoms with Crippen LogP contribution in [0.2, 0.25) is 0 Å². The van der Waals surface area contributed by atoms with Crippen LogP contribution in [-0.4, -0.2) is 22.9 Å². The van der Waals surface area contributed by atoms with Gasteiger partial charge in [0.25, 0.3) is 5.91 Å². The molecule has 24 heavy (non-hydrogen) atoms. The molecular weight excluding hydrogens is 319 g/mol. The highest BCUT2D eigenvalue weighted by Crippen LogP contribution is 2.34. The third kappa shape index (κ3) is 3.05. The Labute approximate surface area is 138 Å². The lowest BCUT2D eigenvalue weighted by Crippen LogP contribution is -2.42. The number of halogens is 3. The van der Waals surface area contributed by atoms with Gasteiger partial charge in [0.2, 0.25) is 0 Å². The highest BCUT2D eigenvalue weighted by Gasteiger charge is 2.37. The first-order chi connectivity index (χ1) is 11.2. The van der Waals surface area contributed by atoms with Crippen molar-refractivity contribution in [2.24, 2.45) is 0 Å². The van der Waals surface area contributed by atoms with Gasteiger partial charge in [0, 0.05) is 17.6 Å². The molecule has 0 spiro atoms. The van der Waals surface area contributed by atoms with Gasteiger partial charge < -0.3 is 9.32 Å². The normalized spacial score (nSPS) is 17.3. The van der Waals surface area contributed by atoms with Gasteiger partial charge in [-0.25, -0.2) is 0 Å². The quantitative estimate of drug-likeness (QED) is 0.774. The zero-order valence-corrected chi connectivity index (χ0v) is 13.5. The second kappa shape index (κ2) is 5.69. The molecule has 128 valence electrons. The van der Waals surface area contributed by atoms with Crippen LogP contribution in [0.4, 0.5) is 13.2 Å². The van der Waals surface area contributed by atoms with Crippen LogP contribution in [0.15, 0.2) is 40.8 Å². The fraction of sp³-hybridized carbons (Fsp3) is 0.389. The van der Waals surface area contributed by atoms with Gasteiger partial charge in [0.05, 0.1) is 5.56 Å². The van der Waals surface area contributed by atoms with Gasteiger partial charge in [-0.2, -0.15) is 13.2 Å². The number of hydrogen-bond donors (Lipinski definition) is 0. The lowest BCUT2D eigenvalue weighted by Gasteiger charge is -2.30. The number of nitrogens with zero attached hydrogens (tertiary/aromatic N) is 1. The van der Waals surface area contributed by atoms with Crippen molar-refractivity contribution in [2.45, 2.75) is 38.4 Å². The van der Waals surface area contributed by atoms with Crippen molar-refractivity contribution in [3.63, 3.8) is 0 Å². The van der Waals surface area contributed by atoms with Gasteiger partial charge in [-0.1, -0.05) is 12.1 Å². The molecule has 1 amide bonds. The Balaban J connectivity index is 1.87. The highest BCUT2D eigenvalue weighted by atomic mass is 19.4. The smallest absolute Gasteiger partial charge is 0.416 e. The predicted octanol–water partition coefficient (Wildman–Crippen LogP) is 4.98. The molecule has 1 aromatic carbocycles. The van der Waals surface area contributed by atoms with E-state index < -0.39 is 11.7 Å². The van der Waals surface area contributed by atoms with Gasteiger partial charge in [-0.3, -0.25) is 4.79 Å². The first-order valence-electron chi connectivity index (χ1n) is 7.78. The van der Waals surface area contributed by atoms with E-state index in [4.69, 9.17) is 4.42 Å². The van der Waals surface area contributed by atoms with Gasteiger partial charge in [0.15, 0.2) is 5.76 Å². The third-order valence-electron chi connectivity index (χ3n) is 4.44. The Morgan fingerprint density at radius 3 is 2.58 bits per heavy atom. The van der Waals surface area contributed by atoms with E-state index in [1.165, 1.54) is 24.3 Å². The maximum absolute atomic E-state index is 12.8. The molecule has 0 saturated carbocycles.